The van der Waals surface area contributed by atoms with Crippen LogP contribution in [0, 0.1) is 0 Å². The van der Waals surface area contributed by atoms with Gasteiger partial charge in [-0.2, -0.15) is 0 Å². The molecule has 1 heterocycles. The molecule has 0 saturated carbocycles. The molecule has 1 fully saturated rings. The SMILES string of the molecule is NCCCOC1CCN(C(=O)c2ccc(Oc3ccccc3)cc2)CC1. The highest BCUT2D eigenvalue weighted by Gasteiger charge is 2.23. The maximum atomic E-state index is 12.7. The van der Waals surface area contributed by atoms with Crippen LogP contribution < -0.4 is 10.5 Å². The first kappa shape index (κ1) is 18.4. The molecular weight excluding hydrogens is 328 g/mol. The van der Waals surface area contributed by atoms with Gasteiger partial charge in [-0.1, -0.05) is 18.2 Å². The average molecular weight is 354 g/mol. The lowest BCUT2D eigenvalue weighted by atomic mass is 10.1. The summed E-state index contributed by atoms with van der Waals surface area (Å²) in [5.74, 6) is 1.57. The van der Waals surface area contributed by atoms with Crippen LogP contribution in [-0.2, 0) is 4.74 Å². The van der Waals surface area contributed by atoms with Crippen LogP contribution in [0.15, 0.2) is 54.6 Å². The molecule has 5 nitrogen and oxygen atoms in total. The van der Waals surface area contributed by atoms with Gasteiger partial charge in [0.25, 0.3) is 5.91 Å². The van der Waals surface area contributed by atoms with E-state index in [1.807, 2.05) is 59.5 Å². The van der Waals surface area contributed by atoms with Crippen molar-refractivity contribution in [1.29, 1.82) is 0 Å². The van der Waals surface area contributed by atoms with E-state index in [2.05, 4.69) is 0 Å². The van der Waals surface area contributed by atoms with Crippen molar-refractivity contribution in [2.24, 2.45) is 5.73 Å². The molecule has 1 aliphatic heterocycles. The first-order valence-electron chi connectivity index (χ1n) is 9.20. The number of ether oxygens (including phenoxy) is 2. The smallest absolute Gasteiger partial charge is 0.253 e. The van der Waals surface area contributed by atoms with Gasteiger partial charge in [0.1, 0.15) is 11.5 Å². The fourth-order valence-electron chi connectivity index (χ4n) is 3.03. The number of carbonyl (C=O) groups excluding carboxylic acids is 1. The molecule has 1 amide bonds. The third kappa shape index (κ3) is 5.07. The van der Waals surface area contributed by atoms with E-state index in [9.17, 15) is 4.79 Å². The van der Waals surface area contributed by atoms with Crippen LogP contribution in [0.1, 0.15) is 29.6 Å². The molecule has 0 unspecified atom stereocenters. The molecular formula is C21H26N2O3. The largest absolute Gasteiger partial charge is 0.457 e. The summed E-state index contributed by atoms with van der Waals surface area (Å²) in [6.07, 6.45) is 2.89. The van der Waals surface area contributed by atoms with Gasteiger partial charge in [0.2, 0.25) is 0 Å². The Labute approximate surface area is 154 Å². The van der Waals surface area contributed by atoms with Crippen molar-refractivity contribution in [2.75, 3.05) is 26.2 Å². The number of nitrogens with two attached hydrogens (primary N) is 1. The Morgan fingerprint density at radius 2 is 1.65 bits per heavy atom. The highest BCUT2D eigenvalue weighted by atomic mass is 16.5. The van der Waals surface area contributed by atoms with Gasteiger partial charge in [0.05, 0.1) is 6.10 Å². The summed E-state index contributed by atoms with van der Waals surface area (Å²) in [7, 11) is 0. The molecule has 1 aliphatic rings. The topological polar surface area (TPSA) is 64.8 Å². The minimum atomic E-state index is 0.0664. The minimum absolute atomic E-state index is 0.0664. The van der Waals surface area contributed by atoms with E-state index in [0.29, 0.717) is 18.7 Å². The van der Waals surface area contributed by atoms with Gasteiger partial charge < -0.3 is 20.1 Å². The molecule has 0 aromatic heterocycles. The molecule has 0 aliphatic carbocycles. The van der Waals surface area contributed by atoms with Gasteiger partial charge in [-0.3, -0.25) is 4.79 Å². The van der Waals surface area contributed by atoms with Crippen molar-refractivity contribution in [1.82, 2.24) is 4.90 Å². The van der Waals surface area contributed by atoms with Gasteiger partial charge in [-0.05, 0) is 62.2 Å². The van der Waals surface area contributed by atoms with E-state index in [4.69, 9.17) is 15.2 Å². The number of amides is 1. The number of para-hydroxylation sites is 1. The maximum absolute atomic E-state index is 12.7. The standard InChI is InChI=1S/C21H26N2O3/c22-13-4-16-25-18-11-14-23(15-12-18)21(24)17-7-9-20(10-8-17)26-19-5-2-1-3-6-19/h1-3,5-10,18H,4,11-16,22H2. The van der Waals surface area contributed by atoms with Crippen molar-refractivity contribution in [2.45, 2.75) is 25.4 Å². The predicted octanol–water partition coefficient (Wildman–Crippen LogP) is 3.45. The molecule has 2 N–H and O–H groups in total. The molecule has 0 spiro atoms. The van der Waals surface area contributed by atoms with Crippen molar-refractivity contribution in [3.63, 3.8) is 0 Å². The molecule has 2 aromatic carbocycles. The third-order valence-corrected chi connectivity index (χ3v) is 4.51. The predicted molar refractivity (Wildman–Crippen MR) is 102 cm³/mol. The maximum Gasteiger partial charge on any atom is 0.253 e. The lowest BCUT2D eigenvalue weighted by Gasteiger charge is -2.32. The lowest BCUT2D eigenvalue weighted by Crippen LogP contribution is -2.41. The van der Waals surface area contributed by atoms with E-state index in [-0.39, 0.29) is 12.0 Å². The van der Waals surface area contributed by atoms with Gasteiger partial charge in [-0.25, -0.2) is 0 Å². The van der Waals surface area contributed by atoms with Crippen LogP contribution in [0.3, 0.4) is 0 Å². The first-order valence-corrected chi connectivity index (χ1v) is 9.20. The number of rotatable bonds is 7. The van der Waals surface area contributed by atoms with E-state index in [0.717, 1.165) is 43.9 Å². The van der Waals surface area contributed by atoms with Crippen LogP contribution >= 0.6 is 0 Å². The second kappa shape index (κ2) is 9.36. The Morgan fingerprint density at radius 3 is 2.31 bits per heavy atom. The summed E-state index contributed by atoms with van der Waals surface area (Å²) in [6, 6.07) is 16.9. The second-order valence-electron chi connectivity index (χ2n) is 6.44. The number of nitrogens with zero attached hydrogens (tertiary/aromatic N) is 1. The Bertz CT molecular complexity index is 680. The first-order chi connectivity index (χ1) is 12.8. The fraction of sp³-hybridized carbons (Fsp3) is 0.381. The van der Waals surface area contributed by atoms with Gasteiger partial charge >= 0.3 is 0 Å². The van der Waals surface area contributed by atoms with E-state index in [1.165, 1.54) is 0 Å². The number of hydrogen-bond acceptors (Lipinski definition) is 4. The molecule has 5 heteroatoms. The second-order valence-corrected chi connectivity index (χ2v) is 6.44. The molecule has 3 rings (SSSR count). The summed E-state index contributed by atoms with van der Waals surface area (Å²) < 4.78 is 11.6. The van der Waals surface area contributed by atoms with Crippen molar-refractivity contribution >= 4 is 5.91 Å². The zero-order valence-corrected chi connectivity index (χ0v) is 15.0. The van der Waals surface area contributed by atoms with E-state index in [1.54, 1.807) is 0 Å². The number of carbonyl (C=O) groups is 1. The van der Waals surface area contributed by atoms with Crippen molar-refractivity contribution in [3.8, 4) is 11.5 Å². The summed E-state index contributed by atoms with van der Waals surface area (Å²) in [4.78, 5) is 14.6. The average Bonchev–Trinajstić information content (AvgIpc) is 2.70. The summed E-state index contributed by atoms with van der Waals surface area (Å²) in [5.41, 5.74) is 6.17. The molecule has 0 radical (unpaired) electrons. The number of piperidine rings is 1. The quantitative estimate of drug-likeness (QED) is 0.774. The van der Waals surface area contributed by atoms with Gasteiger partial charge in [0.15, 0.2) is 0 Å². The molecule has 0 bridgehead atoms. The molecule has 138 valence electrons. The van der Waals surface area contributed by atoms with Crippen molar-refractivity contribution < 1.29 is 14.3 Å². The Kier molecular flexibility index (Phi) is 6.63. The summed E-state index contributed by atoms with van der Waals surface area (Å²) >= 11 is 0. The molecule has 0 atom stereocenters. The zero-order valence-electron chi connectivity index (χ0n) is 15.0. The summed E-state index contributed by atoms with van der Waals surface area (Å²) in [5, 5.41) is 0. The Hall–Kier alpha value is -2.37. The van der Waals surface area contributed by atoms with Crippen molar-refractivity contribution in [3.05, 3.63) is 60.2 Å². The van der Waals surface area contributed by atoms with Crippen LogP contribution in [-0.4, -0.2) is 43.2 Å². The lowest BCUT2D eigenvalue weighted by molar-refractivity contribution is 0.00845. The van der Waals surface area contributed by atoms with E-state index < -0.39 is 0 Å². The summed E-state index contributed by atoms with van der Waals surface area (Å²) in [6.45, 7) is 2.82. The van der Waals surface area contributed by atoms with Crippen LogP contribution in [0.2, 0.25) is 0 Å². The zero-order chi connectivity index (χ0) is 18.2. The van der Waals surface area contributed by atoms with Crippen LogP contribution in [0.4, 0.5) is 0 Å². The number of hydrogen-bond donors (Lipinski definition) is 1. The molecule has 2 aromatic rings. The highest BCUT2D eigenvalue weighted by Crippen LogP contribution is 2.22. The third-order valence-electron chi connectivity index (χ3n) is 4.51. The molecule has 26 heavy (non-hydrogen) atoms. The fourth-order valence-corrected chi connectivity index (χ4v) is 3.03. The number of likely N-dealkylation sites (tertiary alicyclic amines) is 1. The van der Waals surface area contributed by atoms with Gasteiger partial charge in [0, 0.05) is 25.3 Å². The minimum Gasteiger partial charge on any atom is -0.457 e. The van der Waals surface area contributed by atoms with Crippen LogP contribution in [0.25, 0.3) is 0 Å². The highest BCUT2D eigenvalue weighted by molar-refractivity contribution is 5.94. The number of benzene rings is 2. The molecule has 1 saturated heterocycles. The van der Waals surface area contributed by atoms with Crippen LogP contribution in [0.5, 0.6) is 11.5 Å². The Morgan fingerprint density at radius 1 is 1.00 bits per heavy atom. The monoisotopic (exact) mass is 354 g/mol. The normalized spacial score (nSPS) is 15.0. The van der Waals surface area contributed by atoms with E-state index >= 15 is 0 Å². The Balaban J connectivity index is 1.51. The van der Waals surface area contributed by atoms with Gasteiger partial charge in [-0.15, -0.1) is 0 Å².